The van der Waals surface area contributed by atoms with Crippen LogP contribution in [0, 0.1) is 5.92 Å². The minimum atomic E-state index is 0.566. The van der Waals surface area contributed by atoms with Crippen LogP contribution in [0.3, 0.4) is 0 Å². The summed E-state index contributed by atoms with van der Waals surface area (Å²) in [5, 5.41) is 0. The van der Waals surface area contributed by atoms with Crippen LogP contribution >= 0.6 is 0 Å². The molecule has 0 spiro atoms. The van der Waals surface area contributed by atoms with Crippen molar-refractivity contribution in [1.82, 2.24) is 0 Å². The lowest BCUT2D eigenvalue weighted by molar-refractivity contribution is 0.714. The molecule has 0 fully saturated rings. The molecule has 2 rings (SSSR count). The third kappa shape index (κ3) is 3.03. The van der Waals surface area contributed by atoms with Gasteiger partial charge in [0.05, 0.1) is 0 Å². The second-order valence-electron chi connectivity index (χ2n) is 4.87. The molecule has 19 heavy (non-hydrogen) atoms. The summed E-state index contributed by atoms with van der Waals surface area (Å²) in [7, 11) is 0. The molecular formula is C19H20. The highest BCUT2D eigenvalue weighted by atomic mass is 14.2. The summed E-state index contributed by atoms with van der Waals surface area (Å²) >= 11 is 0. The van der Waals surface area contributed by atoms with Crippen LogP contribution in [0.1, 0.15) is 18.1 Å². The van der Waals surface area contributed by atoms with Crippen LogP contribution in [-0.2, 0) is 6.42 Å². The van der Waals surface area contributed by atoms with Crippen molar-refractivity contribution in [3.05, 3.63) is 90.6 Å². The molecule has 0 bridgehead atoms. The third-order valence-corrected chi connectivity index (χ3v) is 3.35. The quantitative estimate of drug-likeness (QED) is 0.649. The first-order valence-corrected chi connectivity index (χ1v) is 6.68. The van der Waals surface area contributed by atoms with Gasteiger partial charge in [-0.1, -0.05) is 80.8 Å². The molecule has 0 N–H and O–H groups in total. The van der Waals surface area contributed by atoms with E-state index >= 15 is 0 Å². The van der Waals surface area contributed by atoms with E-state index in [4.69, 9.17) is 0 Å². The maximum Gasteiger partial charge on any atom is -0.0146 e. The van der Waals surface area contributed by atoms with Gasteiger partial charge in [0.15, 0.2) is 0 Å². The van der Waals surface area contributed by atoms with Crippen molar-refractivity contribution in [2.45, 2.75) is 13.3 Å². The van der Waals surface area contributed by atoms with E-state index in [2.05, 4.69) is 56.5 Å². The van der Waals surface area contributed by atoms with Gasteiger partial charge in [-0.2, -0.15) is 0 Å². The molecule has 0 heterocycles. The van der Waals surface area contributed by atoms with Crippen LogP contribution in [0.4, 0.5) is 0 Å². The van der Waals surface area contributed by atoms with Gasteiger partial charge in [-0.3, -0.25) is 0 Å². The fourth-order valence-electron chi connectivity index (χ4n) is 2.50. The van der Waals surface area contributed by atoms with E-state index in [1.807, 2.05) is 18.2 Å². The van der Waals surface area contributed by atoms with Crippen molar-refractivity contribution in [3.63, 3.8) is 0 Å². The van der Waals surface area contributed by atoms with Crippen LogP contribution in [0.15, 0.2) is 79.5 Å². The first kappa shape index (κ1) is 13.4. The summed E-state index contributed by atoms with van der Waals surface area (Å²) in [4.78, 5) is 0. The fraction of sp³-hybridized carbons (Fsp3) is 0.158. The summed E-state index contributed by atoms with van der Waals surface area (Å²) in [6.07, 6.45) is 13.2. The Morgan fingerprint density at radius 3 is 2.74 bits per heavy atom. The summed E-state index contributed by atoms with van der Waals surface area (Å²) in [6, 6.07) is 8.63. The normalized spacial score (nSPS) is 18.9. The maximum absolute atomic E-state index is 3.94. The van der Waals surface area contributed by atoms with E-state index in [0.29, 0.717) is 5.92 Å². The highest BCUT2D eigenvalue weighted by Crippen LogP contribution is 2.34. The van der Waals surface area contributed by atoms with E-state index in [9.17, 15) is 0 Å². The molecule has 0 saturated carbocycles. The van der Waals surface area contributed by atoms with Gasteiger partial charge >= 0.3 is 0 Å². The smallest absolute Gasteiger partial charge is 0.0146 e. The summed E-state index contributed by atoms with van der Waals surface area (Å²) in [5.74, 6) is 0.566. The Kier molecular flexibility index (Phi) is 4.35. The molecule has 1 aromatic rings. The van der Waals surface area contributed by atoms with Crippen molar-refractivity contribution in [3.8, 4) is 0 Å². The molecule has 0 amide bonds. The maximum atomic E-state index is 3.94. The van der Waals surface area contributed by atoms with Gasteiger partial charge in [-0.25, -0.2) is 0 Å². The molecule has 1 atom stereocenters. The molecule has 1 aromatic carbocycles. The third-order valence-electron chi connectivity index (χ3n) is 3.35. The van der Waals surface area contributed by atoms with Gasteiger partial charge in [-0.05, 0) is 34.6 Å². The molecule has 1 unspecified atom stereocenters. The zero-order valence-electron chi connectivity index (χ0n) is 11.5. The lowest BCUT2D eigenvalue weighted by Gasteiger charge is -2.22. The van der Waals surface area contributed by atoms with Crippen LogP contribution in [0.5, 0.6) is 0 Å². The SMILES string of the molecule is C=C/C=C\C=C(/C=C)C1=CC(C)Cc2ccccc21. The summed E-state index contributed by atoms with van der Waals surface area (Å²) in [5.41, 5.74) is 5.21. The highest BCUT2D eigenvalue weighted by molar-refractivity contribution is 5.84. The van der Waals surface area contributed by atoms with E-state index in [-0.39, 0.29) is 0 Å². The second-order valence-corrected chi connectivity index (χ2v) is 4.87. The average Bonchev–Trinajstić information content (AvgIpc) is 2.43. The van der Waals surface area contributed by atoms with Gasteiger partial charge in [0, 0.05) is 0 Å². The Labute approximate surface area is 116 Å². The van der Waals surface area contributed by atoms with Gasteiger partial charge in [0.25, 0.3) is 0 Å². The van der Waals surface area contributed by atoms with Crippen LogP contribution < -0.4 is 0 Å². The number of fused-ring (bicyclic) bond motifs is 1. The first-order valence-electron chi connectivity index (χ1n) is 6.68. The van der Waals surface area contributed by atoms with Crippen molar-refractivity contribution in [2.75, 3.05) is 0 Å². The highest BCUT2D eigenvalue weighted by Gasteiger charge is 2.17. The molecule has 0 nitrogen and oxygen atoms in total. The van der Waals surface area contributed by atoms with E-state index in [1.165, 1.54) is 16.7 Å². The zero-order chi connectivity index (χ0) is 13.7. The van der Waals surface area contributed by atoms with Crippen molar-refractivity contribution >= 4 is 5.57 Å². The van der Waals surface area contributed by atoms with E-state index in [1.54, 1.807) is 6.08 Å². The van der Waals surface area contributed by atoms with Gasteiger partial charge in [-0.15, -0.1) is 0 Å². The van der Waals surface area contributed by atoms with Gasteiger partial charge in [0.2, 0.25) is 0 Å². The number of hydrogen-bond acceptors (Lipinski definition) is 0. The monoisotopic (exact) mass is 248 g/mol. The lowest BCUT2D eigenvalue weighted by atomic mass is 9.82. The predicted molar refractivity (Wildman–Crippen MR) is 84.9 cm³/mol. The number of benzene rings is 1. The number of rotatable bonds is 4. The summed E-state index contributed by atoms with van der Waals surface area (Å²) < 4.78 is 0. The van der Waals surface area contributed by atoms with Crippen molar-refractivity contribution in [2.24, 2.45) is 5.92 Å². The Morgan fingerprint density at radius 1 is 1.21 bits per heavy atom. The standard InChI is InChI=1S/C19H20/c1-4-6-7-10-16(5-2)19-14-15(3)13-17-11-8-9-12-18(17)19/h4-12,14-15H,1-2,13H2,3H3/b7-6-,16-10+. The Bertz CT molecular complexity index is 567. The van der Waals surface area contributed by atoms with E-state index in [0.717, 1.165) is 12.0 Å². The molecular weight excluding hydrogens is 228 g/mol. The predicted octanol–water partition coefficient (Wildman–Crippen LogP) is 5.12. The van der Waals surface area contributed by atoms with Crippen LogP contribution in [0.25, 0.3) is 5.57 Å². The largest absolute Gasteiger partial charge is 0.0991 e. The Hall–Kier alpha value is -2.08. The molecule has 0 saturated heterocycles. The molecule has 1 aliphatic carbocycles. The van der Waals surface area contributed by atoms with Crippen LogP contribution in [-0.4, -0.2) is 0 Å². The molecule has 0 heteroatoms. The minimum Gasteiger partial charge on any atom is -0.0991 e. The van der Waals surface area contributed by atoms with Gasteiger partial charge < -0.3 is 0 Å². The van der Waals surface area contributed by atoms with Crippen LogP contribution in [0.2, 0.25) is 0 Å². The lowest BCUT2D eigenvalue weighted by Crippen LogP contribution is -2.08. The molecule has 96 valence electrons. The second kappa shape index (κ2) is 6.19. The minimum absolute atomic E-state index is 0.566. The Balaban J connectivity index is 2.47. The number of hydrogen-bond donors (Lipinski definition) is 0. The topological polar surface area (TPSA) is 0 Å². The summed E-state index contributed by atoms with van der Waals surface area (Å²) in [6.45, 7) is 9.89. The zero-order valence-corrected chi connectivity index (χ0v) is 11.5. The molecule has 1 aliphatic rings. The van der Waals surface area contributed by atoms with Crippen molar-refractivity contribution in [1.29, 1.82) is 0 Å². The Morgan fingerprint density at radius 2 is 2.00 bits per heavy atom. The van der Waals surface area contributed by atoms with Gasteiger partial charge in [0.1, 0.15) is 0 Å². The molecule has 0 aliphatic heterocycles. The van der Waals surface area contributed by atoms with E-state index < -0.39 is 0 Å². The first-order chi connectivity index (χ1) is 9.26. The average molecular weight is 248 g/mol. The number of allylic oxidation sites excluding steroid dienone is 8. The molecule has 0 aromatic heterocycles. The fourth-order valence-corrected chi connectivity index (χ4v) is 2.50. The van der Waals surface area contributed by atoms with Crippen molar-refractivity contribution < 1.29 is 0 Å². The molecule has 0 radical (unpaired) electrons.